The molecule has 0 aromatic rings. The molecule has 1 N–H and O–H groups in total. The van der Waals surface area contributed by atoms with Crippen LogP contribution in [0.2, 0.25) is 0 Å². The molecule has 1 aliphatic rings. The van der Waals surface area contributed by atoms with Crippen LogP contribution in [-0.4, -0.2) is 29.5 Å². The summed E-state index contributed by atoms with van der Waals surface area (Å²) in [4.78, 5) is 6.31. The van der Waals surface area contributed by atoms with E-state index in [2.05, 4.69) is 30.0 Å². The predicted molar refractivity (Wildman–Crippen MR) is 116 cm³/mol. The number of alkyl halides is 3. The van der Waals surface area contributed by atoms with Gasteiger partial charge in [0.25, 0.3) is 0 Å². The van der Waals surface area contributed by atoms with Gasteiger partial charge in [0.2, 0.25) is 0 Å². The smallest absolute Gasteiger partial charge is 0.362 e. The van der Waals surface area contributed by atoms with Crippen LogP contribution in [-0.2, 0) is 0 Å². The number of hydrogen-bond donors (Lipinski definition) is 1. The second kappa shape index (κ2) is 11.5. The van der Waals surface area contributed by atoms with Gasteiger partial charge in [0, 0.05) is 24.1 Å². The third-order valence-electron chi connectivity index (χ3n) is 4.60. The van der Waals surface area contributed by atoms with Crippen LogP contribution in [0, 0.1) is 11.8 Å². The Bertz CT molecular complexity index is 695. The van der Waals surface area contributed by atoms with Crippen LogP contribution in [0.4, 0.5) is 13.2 Å². The topological polar surface area (TPSA) is 27.6 Å². The van der Waals surface area contributed by atoms with E-state index in [1.807, 2.05) is 43.1 Å². The first kappa shape index (κ1) is 24.5. The minimum Gasteiger partial charge on any atom is -0.362 e. The number of halogens is 3. The minimum absolute atomic E-state index is 0.237. The van der Waals surface area contributed by atoms with Crippen LogP contribution in [0.3, 0.4) is 0 Å². The number of aliphatic imine (C=N–C) groups is 1. The van der Waals surface area contributed by atoms with E-state index in [0.29, 0.717) is 29.7 Å². The van der Waals surface area contributed by atoms with Crippen molar-refractivity contribution in [3.05, 3.63) is 73.8 Å². The highest BCUT2D eigenvalue weighted by molar-refractivity contribution is 5.89. The standard InChI is InChI=1S/C23H32F3N3/c1-7-9-10-11-18(4)28-22(27-8-2)20(6)29(16-21-14-15-21)19(5)13-12-17(3)23(24,25)26/h7-13,17,20-21H,2,4-5,14-16H2,1,3,6H3,(H,27,28)/b9-7-,11-10-,13-12+. The lowest BCUT2D eigenvalue weighted by Gasteiger charge is -2.33. The predicted octanol–water partition coefficient (Wildman–Crippen LogP) is 6.13. The Balaban J connectivity index is 2.99. The van der Waals surface area contributed by atoms with Gasteiger partial charge in [-0.15, -0.1) is 0 Å². The Labute approximate surface area is 172 Å². The van der Waals surface area contributed by atoms with Gasteiger partial charge in [-0.05, 0) is 44.8 Å². The molecule has 0 radical (unpaired) electrons. The maximum Gasteiger partial charge on any atom is 0.394 e. The molecule has 1 rings (SSSR count). The third kappa shape index (κ3) is 9.03. The molecule has 0 aliphatic heterocycles. The molecule has 0 saturated heterocycles. The zero-order chi connectivity index (χ0) is 22.0. The molecule has 1 saturated carbocycles. The summed E-state index contributed by atoms with van der Waals surface area (Å²) in [5, 5.41) is 3.17. The van der Waals surface area contributed by atoms with Crippen molar-refractivity contribution in [2.24, 2.45) is 16.8 Å². The molecule has 0 heterocycles. The summed E-state index contributed by atoms with van der Waals surface area (Å²) in [6.45, 7) is 17.3. The zero-order valence-corrected chi connectivity index (χ0v) is 17.5. The van der Waals surface area contributed by atoms with Crippen LogP contribution < -0.4 is 5.32 Å². The third-order valence-corrected chi connectivity index (χ3v) is 4.60. The molecule has 160 valence electrons. The summed E-state index contributed by atoms with van der Waals surface area (Å²) < 4.78 is 38.5. The SMILES string of the molecule is C=CN=C(NC(=C)/C=C\C=C/C)C(C)N(CC1CC1)C(=C)/C=C/C(C)C(F)(F)F. The average molecular weight is 408 g/mol. The van der Waals surface area contributed by atoms with Crippen molar-refractivity contribution in [1.29, 1.82) is 0 Å². The Morgan fingerprint density at radius 1 is 1.21 bits per heavy atom. The molecule has 0 spiro atoms. The van der Waals surface area contributed by atoms with Crippen LogP contribution in [0.1, 0.15) is 33.6 Å². The number of nitrogens with zero attached hydrogens (tertiary/aromatic N) is 2. The summed E-state index contributed by atoms with van der Waals surface area (Å²) in [6, 6.07) is -0.237. The fourth-order valence-electron chi connectivity index (χ4n) is 2.54. The van der Waals surface area contributed by atoms with Crippen LogP contribution in [0.5, 0.6) is 0 Å². The largest absolute Gasteiger partial charge is 0.394 e. The summed E-state index contributed by atoms with van der Waals surface area (Å²) in [7, 11) is 0. The first-order valence-electron chi connectivity index (χ1n) is 9.74. The first-order chi connectivity index (χ1) is 13.6. The molecule has 3 nitrogen and oxygen atoms in total. The Hall–Kier alpha value is -2.50. The highest BCUT2D eigenvalue weighted by atomic mass is 19.4. The van der Waals surface area contributed by atoms with Gasteiger partial charge in [-0.1, -0.05) is 51.0 Å². The summed E-state index contributed by atoms with van der Waals surface area (Å²) in [5.74, 6) is -0.409. The second-order valence-electron chi connectivity index (χ2n) is 7.18. The summed E-state index contributed by atoms with van der Waals surface area (Å²) >= 11 is 0. The minimum atomic E-state index is -4.27. The lowest BCUT2D eigenvalue weighted by Crippen LogP contribution is -2.44. The van der Waals surface area contributed by atoms with Crippen molar-refractivity contribution >= 4 is 5.84 Å². The fourth-order valence-corrected chi connectivity index (χ4v) is 2.54. The van der Waals surface area contributed by atoms with Crippen molar-refractivity contribution in [3.63, 3.8) is 0 Å². The Morgan fingerprint density at radius 2 is 1.86 bits per heavy atom. The molecule has 2 unspecified atom stereocenters. The van der Waals surface area contributed by atoms with Gasteiger partial charge >= 0.3 is 6.18 Å². The highest BCUT2D eigenvalue weighted by Gasteiger charge is 2.34. The van der Waals surface area contributed by atoms with Crippen molar-refractivity contribution in [1.82, 2.24) is 10.2 Å². The van der Waals surface area contributed by atoms with Crippen LogP contribution in [0.25, 0.3) is 0 Å². The van der Waals surface area contributed by atoms with E-state index < -0.39 is 12.1 Å². The molecule has 6 heteroatoms. The fraction of sp³-hybridized carbons (Fsp3) is 0.435. The number of nitrogens with one attached hydrogen (secondary N) is 1. The van der Waals surface area contributed by atoms with E-state index in [0.717, 1.165) is 25.8 Å². The van der Waals surface area contributed by atoms with E-state index in [-0.39, 0.29) is 6.04 Å². The van der Waals surface area contributed by atoms with Crippen LogP contribution in [0.15, 0.2) is 78.8 Å². The van der Waals surface area contributed by atoms with E-state index in [1.54, 1.807) is 0 Å². The Kier molecular flexibility index (Phi) is 9.72. The van der Waals surface area contributed by atoms with Gasteiger partial charge in [0.05, 0.1) is 12.0 Å². The monoisotopic (exact) mass is 407 g/mol. The molecule has 2 atom stereocenters. The van der Waals surface area contributed by atoms with Crippen molar-refractivity contribution < 1.29 is 13.2 Å². The number of allylic oxidation sites excluding steroid dienone is 6. The molecular formula is C23H32F3N3. The van der Waals surface area contributed by atoms with Gasteiger partial charge in [0.15, 0.2) is 0 Å². The lowest BCUT2D eigenvalue weighted by atomic mass is 10.1. The molecular weight excluding hydrogens is 375 g/mol. The molecule has 1 aliphatic carbocycles. The number of amidine groups is 1. The van der Waals surface area contributed by atoms with E-state index >= 15 is 0 Å². The molecule has 1 fully saturated rings. The first-order valence-corrected chi connectivity index (χ1v) is 9.74. The van der Waals surface area contributed by atoms with E-state index in [1.165, 1.54) is 12.3 Å². The van der Waals surface area contributed by atoms with Gasteiger partial charge in [0.1, 0.15) is 5.84 Å². The maximum atomic E-state index is 12.8. The molecule has 29 heavy (non-hydrogen) atoms. The maximum absolute atomic E-state index is 12.8. The highest BCUT2D eigenvalue weighted by Crippen LogP contribution is 2.32. The van der Waals surface area contributed by atoms with Crippen molar-refractivity contribution in [3.8, 4) is 0 Å². The van der Waals surface area contributed by atoms with E-state index in [9.17, 15) is 13.2 Å². The zero-order valence-electron chi connectivity index (χ0n) is 17.5. The van der Waals surface area contributed by atoms with E-state index in [4.69, 9.17) is 0 Å². The lowest BCUT2D eigenvalue weighted by molar-refractivity contribution is -0.156. The molecule has 0 bridgehead atoms. The Morgan fingerprint density at radius 3 is 2.38 bits per heavy atom. The summed E-state index contributed by atoms with van der Waals surface area (Å²) in [6.07, 6.45) is 9.44. The van der Waals surface area contributed by atoms with Gasteiger partial charge < -0.3 is 10.2 Å². The van der Waals surface area contributed by atoms with Crippen molar-refractivity contribution in [2.45, 2.75) is 45.8 Å². The van der Waals surface area contributed by atoms with Crippen LogP contribution >= 0.6 is 0 Å². The number of hydrogen-bond acceptors (Lipinski definition) is 2. The van der Waals surface area contributed by atoms with Gasteiger partial charge in [-0.3, -0.25) is 0 Å². The normalized spacial score (nSPS) is 17.7. The van der Waals surface area contributed by atoms with Crippen molar-refractivity contribution in [2.75, 3.05) is 6.54 Å². The summed E-state index contributed by atoms with van der Waals surface area (Å²) in [5.41, 5.74) is 1.17. The molecule has 0 aromatic heterocycles. The molecule has 0 amide bonds. The number of rotatable bonds is 11. The molecule has 0 aromatic carbocycles. The van der Waals surface area contributed by atoms with Gasteiger partial charge in [-0.2, -0.15) is 13.2 Å². The average Bonchev–Trinajstić information content (AvgIpc) is 3.46. The van der Waals surface area contributed by atoms with Gasteiger partial charge in [-0.25, -0.2) is 4.99 Å². The second-order valence-corrected chi connectivity index (χ2v) is 7.18. The quantitative estimate of drug-likeness (QED) is 0.253.